The van der Waals surface area contributed by atoms with Gasteiger partial charge in [-0.05, 0) is 41.0 Å². The van der Waals surface area contributed by atoms with Crippen molar-refractivity contribution < 1.29 is 24.3 Å². The molecule has 0 aliphatic carbocycles. The zero-order valence-corrected chi connectivity index (χ0v) is 15.4. The molecule has 132 valence electrons. The summed E-state index contributed by atoms with van der Waals surface area (Å²) in [7, 11) is 0. The van der Waals surface area contributed by atoms with Crippen molar-refractivity contribution >= 4 is 23.6 Å². The van der Waals surface area contributed by atoms with Gasteiger partial charge >= 0.3 is 0 Å². The van der Waals surface area contributed by atoms with Gasteiger partial charge in [-0.3, -0.25) is 0 Å². The third-order valence-electron chi connectivity index (χ3n) is 1.93. The summed E-state index contributed by atoms with van der Waals surface area (Å²) in [6.07, 6.45) is 2.58. The average Bonchev–Trinajstić information content (AvgIpc) is 2.38. The molecule has 2 atom stereocenters. The molecule has 0 aromatic heterocycles. The second-order valence-corrected chi connectivity index (χ2v) is 5.24. The Balaban J connectivity index is -0.000000102. The molecular weight excluding hydrogens is 284 g/mol. The van der Waals surface area contributed by atoms with Crippen LogP contribution in [-0.2, 0) is 19.2 Å². The molecule has 5 nitrogen and oxygen atoms in total. The molecule has 0 heterocycles. The minimum Gasteiger partial charge on any atom is -0.393 e. The molecule has 22 heavy (non-hydrogen) atoms. The zero-order valence-electron chi connectivity index (χ0n) is 15.4. The molecule has 0 saturated heterocycles. The normalized spacial score (nSPS) is 11.0. The van der Waals surface area contributed by atoms with Crippen molar-refractivity contribution in [2.75, 3.05) is 0 Å². The van der Waals surface area contributed by atoms with Crippen LogP contribution in [0.3, 0.4) is 0 Å². The Hall–Kier alpha value is -1.36. The van der Waals surface area contributed by atoms with E-state index in [4.69, 9.17) is 5.11 Å². The maximum atomic E-state index is 10.3. The van der Waals surface area contributed by atoms with E-state index in [-0.39, 0.29) is 29.4 Å². The number of aliphatic hydroxyl groups excluding tert-OH is 1. The van der Waals surface area contributed by atoms with Gasteiger partial charge in [0.1, 0.15) is 23.6 Å². The Bertz CT molecular complexity index is 291. The second-order valence-electron chi connectivity index (χ2n) is 5.24. The Kier molecular flexibility index (Phi) is 28.7. The van der Waals surface area contributed by atoms with E-state index in [1.165, 1.54) is 20.8 Å². The third kappa shape index (κ3) is 77.7. The summed E-state index contributed by atoms with van der Waals surface area (Å²) < 4.78 is 0. The van der Waals surface area contributed by atoms with E-state index >= 15 is 0 Å². The molecule has 5 heteroatoms. The summed E-state index contributed by atoms with van der Waals surface area (Å²) in [4.78, 5) is 39.4. The summed E-state index contributed by atoms with van der Waals surface area (Å²) in [5, 5.41) is 8.36. The first-order valence-corrected chi connectivity index (χ1v) is 7.53. The van der Waals surface area contributed by atoms with Crippen molar-refractivity contribution in [3.63, 3.8) is 0 Å². The van der Waals surface area contributed by atoms with Crippen molar-refractivity contribution in [1.29, 1.82) is 0 Å². The highest BCUT2D eigenvalue weighted by atomic mass is 16.3. The molecule has 2 unspecified atom stereocenters. The molecule has 0 amide bonds. The monoisotopic (exact) mass is 318 g/mol. The van der Waals surface area contributed by atoms with Crippen LogP contribution in [0.2, 0.25) is 0 Å². The van der Waals surface area contributed by atoms with E-state index in [1.54, 1.807) is 20.8 Å². The number of hydrogen-bond acceptors (Lipinski definition) is 5. The van der Waals surface area contributed by atoms with Crippen molar-refractivity contribution in [3.05, 3.63) is 0 Å². The number of ketones is 3. The third-order valence-corrected chi connectivity index (χ3v) is 1.93. The quantitative estimate of drug-likeness (QED) is 0.787. The van der Waals surface area contributed by atoms with Crippen LogP contribution in [0.15, 0.2) is 0 Å². The number of hydrogen-bond donors (Lipinski definition) is 1. The summed E-state index contributed by atoms with van der Waals surface area (Å²) in [5.74, 6) is 0.391. The Morgan fingerprint density at radius 3 is 1.27 bits per heavy atom. The van der Waals surface area contributed by atoms with E-state index in [0.29, 0.717) is 12.8 Å². The van der Waals surface area contributed by atoms with Gasteiger partial charge in [0.15, 0.2) is 0 Å². The summed E-state index contributed by atoms with van der Waals surface area (Å²) in [5.41, 5.74) is 0. The highest BCUT2D eigenvalue weighted by Crippen LogP contribution is 1.96. The molecule has 0 fully saturated rings. The highest BCUT2D eigenvalue weighted by molar-refractivity contribution is 5.78. The average molecular weight is 318 g/mol. The first-order valence-electron chi connectivity index (χ1n) is 7.53. The van der Waals surface area contributed by atoms with E-state index in [9.17, 15) is 19.2 Å². The van der Waals surface area contributed by atoms with Gasteiger partial charge in [0.05, 0.1) is 6.10 Å². The van der Waals surface area contributed by atoms with Gasteiger partial charge in [-0.15, -0.1) is 0 Å². The number of Topliss-reactive ketones (excluding diaryl/α,β-unsaturated/α-hetero) is 3. The predicted octanol–water partition coefficient (Wildman–Crippen LogP) is 3.16. The van der Waals surface area contributed by atoms with Crippen LogP contribution in [0, 0.1) is 5.92 Å². The van der Waals surface area contributed by atoms with Gasteiger partial charge in [0.2, 0.25) is 0 Å². The molecular formula is C17H34O5. The lowest BCUT2D eigenvalue weighted by Gasteiger charge is -1.94. The van der Waals surface area contributed by atoms with Crippen LogP contribution in [-0.4, -0.2) is 34.8 Å². The molecule has 0 aliphatic rings. The van der Waals surface area contributed by atoms with E-state index in [1.807, 2.05) is 13.8 Å². The molecule has 0 aromatic rings. The minimum atomic E-state index is -0.116. The Morgan fingerprint density at radius 2 is 1.23 bits per heavy atom. The molecule has 0 saturated carbocycles. The summed E-state index contributed by atoms with van der Waals surface area (Å²) >= 11 is 0. The predicted molar refractivity (Wildman–Crippen MR) is 89.8 cm³/mol. The van der Waals surface area contributed by atoms with Crippen molar-refractivity contribution in [2.45, 2.75) is 80.8 Å². The lowest BCUT2D eigenvalue weighted by atomic mass is 10.1. The maximum Gasteiger partial charge on any atom is 0.130 e. The Morgan fingerprint density at radius 1 is 0.955 bits per heavy atom. The number of carbonyl (C=O) groups excluding carboxylic acids is 4. The molecule has 1 N–H and O–H groups in total. The van der Waals surface area contributed by atoms with Crippen molar-refractivity contribution in [1.82, 2.24) is 0 Å². The van der Waals surface area contributed by atoms with Crippen LogP contribution >= 0.6 is 0 Å². The number of aliphatic hydroxyl groups is 1. The van der Waals surface area contributed by atoms with E-state index in [0.717, 1.165) is 12.7 Å². The molecule has 0 aromatic carbocycles. The molecule has 0 radical (unpaired) electrons. The van der Waals surface area contributed by atoms with E-state index in [2.05, 4.69) is 0 Å². The van der Waals surface area contributed by atoms with Crippen LogP contribution < -0.4 is 0 Å². The number of carbonyl (C=O) groups is 4. The van der Waals surface area contributed by atoms with Gasteiger partial charge in [-0.25, -0.2) is 0 Å². The van der Waals surface area contributed by atoms with Gasteiger partial charge in [0, 0.05) is 18.8 Å². The first kappa shape index (κ1) is 28.8. The minimum absolute atomic E-state index is 0.0737. The topological polar surface area (TPSA) is 88.5 Å². The first-order chi connectivity index (χ1) is 9.94. The smallest absolute Gasteiger partial charge is 0.130 e. The molecule has 0 rings (SSSR count). The lowest BCUT2D eigenvalue weighted by molar-refractivity contribution is -0.120. The fraction of sp³-hybridized carbons (Fsp3) is 0.765. The highest BCUT2D eigenvalue weighted by Gasteiger charge is 2.00. The lowest BCUT2D eigenvalue weighted by Crippen LogP contribution is -2.01. The van der Waals surface area contributed by atoms with Gasteiger partial charge in [0.25, 0.3) is 0 Å². The second kappa shape index (κ2) is 21.9. The molecule has 0 aliphatic heterocycles. The summed E-state index contributed by atoms with van der Waals surface area (Å²) in [6, 6.07) is 0. The number of aldehydes is 1. The SMILES string of the molecule is CC(=O)CC(C)C=O.CC(C)=O.CCC(C)=O.CCC(C)O. The van der Waals surface area contributed by atoms with Crippen LogP contribution in [0.25, 0.3) is 0 Å². The molecule has 0 bridgehead atoms. The van der Waals surface area contributed by atoms with Crippen LogP contribution in [0.5, 0.6) is 0 Å². The van der Waals surface area contributed by atoms with Crippen LogP contribution in [0.1, 0.15) is 74.7 Å². The molecule has 0 spiro atoms. The largest absolute Gasteiger partial charge is 0.393 e. The van der Waals surface area contributed by atoms with E-state index < -0.39 is 0 Å². The fourth-order valence-corrected chi connectivity index (χ4v) is 0.502. The van der Waals surface area contributed by atoms with Crippen molar-refractivity contribution in [3.8, 4) is 0 Å². The fourth-order valence-electron chi connectivity index (χ4n) is 0.502. The van der Waals surface area contributed by atoms with Gasteiger partial charge in [-0.1, -0.05) is 20.8 Å². The van der Waals surface area contributed by atoms with Gasteiger partial charge in [-0.2, -0.15) is 0 Å². The van der Waals surface area contributed by atoms with Gasteiger partial charge < -0.3 is 24.3 Å². The number of rotatable bonds is 5. The standard InChI is InChI=1S/C6H10O2.C4H10O.C4H8O.C3H6O/c1-5(4-7)3-6(2)8;2*1-3-4(2)5;1-3(2)4/h4-5H,3H2,1-2H3;4-5H,3H2,1-2H3;3H2,1-2H3;1-2H3. The summed E-state index contributed by atoms with van der Waals surface area (Å²) in [6.45, 7) is 13.4. The Labute approximate surface area is 135 Å². The zero-order chi connectivity index (χ0) is 18.7. The van der Waals surface area contributed by atoms with Crippen molar-refractivity contribution in [2.24, 2.45) is 5.92 Å². The maximum absolute atomic E-state index is 10.3. The van der Waals surface area contributed by atoms with Crippen LogP contribution in [0.4, 0.5) is 0 Å².